The van der Waals surface area contributed by atoms with Crippen LogP contribution in [0.3, 0.4) is 0 Å². The Morgan fingerprint density at radius 2 is 2.04 bits per heavy atom. The lowest BCUT2D eigenvalue weighted by atomic mass is 9.78. The van der Waals surface area contributed by atoms with E-state index in [0.717, 1.165) is 45.3 Å². The molecule has 1 aliphatic heterocycles. The Kier molecular flexibility index (Phi) is 8.51. The molecule has 142 valence electrons. The van der Waals surface area contributed by atoms with E-state index < -0.39 is 0 Å². The molecule has 2 N–H and O–H groups in total. The number of carbonyl (C=O) groups excluding carboxylic acids is 1. The van der Waals surface area contributed by atoms with Crippen molar-refractivity contribution in [3.8, 4) is 0 Å². The minimum atomic E-state index is -0.193. The Morgan fingerprint density at radius 3 is 2.58 bits per heavy atom. The van der Waals surface area contributed by atoms with E-state index in [9.17, 15) is 4.79 Å². The van der Waals surface area contributed by atoms with Crippen LogP contribution >= 0.6 is 0 Å². The Labute approximate surface area is 148 Å². The van der Waals surface area contributed by atoms with E-state index in [1.165, 1.54) is 13.5 Å². The van der Waals surface area contributed by atoms with Gasteiger partial charge < -0.3 is 20.3 Å². The number of nitrogens with two attached hydrogens (primary N) is 1. The molecular weight excluding hydrogens is 302 g/mol. The summed E-state index contributed by atoms with van der Waals surface area (Å²) in [7, 11) is 3.69. The van der Waals surface area contributed by atoms with Gasteiger partial charge in [-0.2, -0.15) is 0 Å². The monoisotopic (exact) mass is 341 g/mol. The molecule has 0 saturated carbocycles. The number of carbonyl (C=O) groups is 1. The second-order valence-corrected chi connectivity index (χ2v) is 8.05. The van der Waals surface area contributed by atoms with Crippen molar-refractivity contribution >= 4 is 6.09 Å². The number of amides is 1. The molecule has 0 bridgehead atoms. The van der Waals surface area contributed by atoms with Crippen LogP contribution in [0.5, 0.6) is 0 Å². The Bertz CT molecular complexity index is 391. The largest absolute Gasteiger partial charge is 0.453 e. The van der Waals surface area contributed by atoms with Crippen LogP contribution in [0, 0.1) is 11.3 Å². The van der Waals surface area contributed by atoms with Gasteiger partial charge in [-0.25, -0.2) is 4.79 Å². The first-order valence-electron chi connectivity index (χ1n) is 9.55. The van der Waals surface area contributed by atoms with E-state index in [1.807, 2.05) is 4.90 Å². The van der Waals surface area contributed by atoms with Gasteiger partial charge >= 0.3 is 6.09 Å². The van der Waals surface area contributed by atoms with Gasteiger partial charge in [-0.3, -0.25) is 0 Å². The average molecular weight is 342 g/mol. The van der Waals surface area contributed by atoms with Gasteiger partial charge in [0.05, 0.1) is 7.11 Å². The highest BCUT2D eigenvalue weighted by Crippen LogP contribution is 2.38. The van der Waals surface area contributed by atoms with E-state index in [1.54, 1.807) is 0 Å². The van der Waals surface area contributed by atoms with Crippen molar-refractivity contribution in [2.75, 3.05) is 33.8 Å². The molecule has 4 atom stereocenters. The predicted molar refractivity (Wildman–Crippen MR) is 100 cm³/mol. The number of rotatable bonds is 9. The Balaban J connectivity index is 2.70. The van der Waals surface area contributed by atoms with Gasteiger partial charge in [0.15, 0.2) is 0 Å². The molecule has 1 aliphatic rings. The van der Waals surface area contributed by atoms with Gasteiger partial charge in [-0.15, -0.1) is 0 Å². The van der Waals surface area contributed by atoms with E-state index >= 15 is 0 Å². The van der Waals surface area contributed by atoms with Crippen LogP contribution in [0.2, 0.25) is 0 Å². The lowest BCUT2D eigenvalue weighted by Crippen LogP contribution is -2.43. The fourth-order valence-corrected chi connectivity index (χ4v) is 3.78. The first kappa shape index (κ1) is 21.2. The normalized spacial score (nSPS) is 24.9. The van der Waals surface area contributed by atoms with Gasteiger partial charge in [0.25, 0.3) is 0 Å². The van der Waals surface area contributed by atoms with Crippen molar-refractivity contribution in [1.29, 1.82) is 0 Å². The summed E-state index contributed by atoms with van der Waals surface area (Å²) >= 11 is 0. The van der Waals surface area contributed by atoms with Crippen LogP contribution < -0.4 is 5.73 Å². The van der Waals surface area contributed by atoms with Crippen molar-refractivity contribution in [3.05, 3.63) is 0 Å². The molecule has 1 amide bonds. The second-order valence-electron chi connectivity index (χ2n) is 8.05. The molecule has 0 aromatic carbocycles. The summed E-state index contributed by atoms with van der Waals surface area (Å²) in [4.78, 5) is 16.1. The first-order chi connectivity index (χ1) is 11.3. The van der Waals surface area contributed by atoms with Crippen molar-refractivity contribution in [3.63, 3.8) is 0 Å². The summed E-state index contributed by atoms with van der Waals surface area (Å²) in [5.41, 5.74) is 6.27. The van der Waals surface area contributed by atoms with Crippen LogP contribution in [-0.4, -0.2) is 61.8 Å². The molecule has 1 saturated heterocycles. The third-order valence-corrected chi connectivity index (χ3v) is 5.94. The summed E-state index contributed by atoms with van der Waals surface area (Å²) in [6.45, 7) is 11.7. The maximum atomic E-state index is 11.8. The molecule has 0 spiro atoms. The lowest BCUT2D eigenvalue weighted by molar-refractivity contribution is 0.104. The molecule has 4 unspecified atom stereocenters. The topological polar surface area (TPSA) is 58.8 Å². The maximum Gasteiger partial charge on any atom is 0.409 e. The van der Waals surface area contributed by atoms with E-state index in [-0.39, 0.29) is 11.5 Å². The SMILES string of the molecule is CCC(N)CCN(C)C(CC1(C)CCN(C(=O)OC)C1)C(C)CC. The Hall–Kier alpha value is -0.810. The molecular formula is C19H39N3O2. The molecule has 0 aliphatic carbocycles. The zero-order valence-corrected chi connectivity index (χ0v) is 16.7. The molecule has 1 fully saturated rings. The van der Waals surface area contributed by atoms with Gasteiger partial charge in [0, 0.05) is 25.2 Å². The number of methoxy groups -OCH3 is 1. The van der Waals surface area contributed by atoms with Crippen molar-refractivity contribution < 1.29 is 9.53 Å². The number of nitrogens with zero attached hydrogens (tertiary/aromatic N) is 2. The average Bonchev–Trinajstić information content (AvgIpc) is 2.98. The molecule has 5 nitrogen and oxygen atoms in total. The van der Waals surface area contributed by atoms with Crippen molar-refractivity contribution in [2.24, 2.45) is 17.1 Å². The van der Waals surface area contributed by atoms with Crippen LogP contribution in [0.4, 0.5) is 4.79 Å². The van der Waals surface area contributed by atoms with Crippen molar-refractivity contribution in [2.45, 2.75) is 71.9 Å². The Morgan fingerprint density at radius 1 is 1.38 bits per heavy atom. The van der Waals surface area contributed by atoms with Crippen LogP contribution in [0.15, 0.2) is 0 Å². The zero-order chi connectivity index (χ0) is 18.3. The molecule has 5 heteroatoms. The molecule has 1 heterocycles. The van der Waals surface area contributed by atoms with Crippen LogP contribution in [-0.2, 0) is 4.74 Å². The smallest absolute Gasteiger partial charge is 0.409 e. The van der Waals surface area contributed by atoms with E-state index in [2.05, 4.69) is 39.6 Å². The third kappa shape index (κ3) is 5.92. The number of likely N-dealkylation sites (tertiary alicyclic amines) is 1. The molecule has 0 radical (unpaired) electrons. The second kappa shape index (κ2) is 9.62. The number of ether oxygens (including phenoxy) is 1. The highest BCUT2D eigenvalue weighted by Gasteiger charge is 2.39. The summed E-state index contributed by atoms with van der Waals surface area (Å²) in [5.74, 6) is 0.636. The summed E-state index contributed by atoms with van der Waals surface area (Å²) < 4.78 is 4.89. The van der Waals surface area contributed by atoms with E-state index in [0.29, 0.717) is 18.0 Å². The van der Waals surface area contributed by atoms with Crippen LogP contribution in [0.1, 0.15) is 59.8 Å². The summed E-state index contributed by atoms with van der Waals surface area (Å²) in [6, 6.07) is 0.823. The highest BCUT2D eigenvalue weighted by molar-refractivity contribution is 5.67. The quantitative estimate of drug-likeness (QED) is 0.699. The zero-order valence-electron chi connectivity index (χ0n) is 16.7. The van der Waals surface area contributed by atoms with E-state index in [4.69, 9.17) is 10.5 Å². The summed E-state index contributed by atoms with van der Waals surface area (Å²) in [5, 5.41) is 0. The van der Waals surface area contributed by atoms with Gasteiger partial charge in [0.2, 0.25) is 0 Å². The third-order valence-electron chi connectivity index (χ3n) is 5.94. The van der Waals surface area contributed by atoms with Gasteiger partial charge in [-0.05, 0) is 50.6 Å². The van der Waals surface area contributed by atoms with Crippen LogP contribution in [0.25, 0.3) is 0 Å². The molecule has 24 heavy (non-hydrogen) atoms. The molecule has 0 aromatic heterocycles. The van der Waals surface area contributed by atoms with Gasteiger partial charge in [-0.1, -0.05) is 34.1 Å². The highest BCUT2D eigenvalue weighted by atomic mass is 16.5. The predicted octanol–water partition coefficient (Wildman–Crippen LogP) is 3.33. The number of hydrogen-bond donors (Lipinski definition) is 1. The minimum absolute atomic E-state index is 0.170. The maximum absolute atomic E-state index is 11.8. The minimum Gasteiger partial charge on any atom is -0.453 e. The standard InChI is InChI=1S/C19H39N3O2/c1-7-15(3)17(21(5)11-9-16(20)8-2)13-19(4)10-12-22(14-19)18(23)24-6/h15-17H,7-14,20H2,1-6H3. The first-order valence-corrected chi connectivity index (χ1v) is 9.55. The lowest BCUT2D eigenvalue weighted by Gasteiger charge is -2.38. The molecule has 1 rings (SSSR count). The summed E-state index contributed by atoms with van der Waals surface area (Å²) in [6.07, 6.45) is 5.23. The molecule has 0 aromatic rings. The van der Waals surface area contributed by atoms with Crippen molar-refractivity contribution in [1.82, 2.24) is 9.80 Å². The fraction of sp³-hybridized carbons (Fsp3) is 0.947. The van der Waals surface area contributed by atoms with Gasteiger partial charge in [0.1, 0.15) is 0 Å². The number of hydrogen-bond acceptors (Lipinski definition) is 4. The fourth-order valence-electron chi connectivity index (χ4n) is 3.78.